The number of nitrogens with one attached hydrogen (secondary N) is 1. The molecule has 0 radical (unpaired) electrons. The number of methoxy groups -OCH3 is 1. The van der Waals surface area contributed by atoms with Gasteiger partial charge in [-0.1, -0.05) is 18.2 Å². The van der Waals surface area contributed by atoms with Gasteiger partial charge in [0, 0.05) is 0 Å². The lowest BCUT2D eigenvalue weighted by molar-refractivity contribution is -0.138. The van der Waals surface area contributed by atoms with Crippen LogP contribution in [0.2, 0.25) is 0 Å². The first-order valence-corrected chi connectivity index (χ1v) is 8.92. The van der Waals surface area contributed by atoms with E-state index < -0.39 is 30.0 Å². The Bertz CT molecular complexity index is 962. The van der Waals surface area contributed by atoms with E-state index in [2.05, 4.69) is 10.1 Å². The lowest BCUT2D eigenvalue weighted by Gasteiger charge is -2.31. The van der Waals surface area contributed by atoms with Gasteiger partial charge < -0.3 is 24.3 Å². The first-order chi connectivity index (χ1) is 14.6. The summed E-state index contributed by atoms with van der Waals surface area (Å²) in [6.07, 6.45) is -7.22. The van der Waals surface area contributed by atoms with Crippen LogP contribution in [0.5, 0.6) is 0 Å². The fraction of sp³-hybridized carbons (Fsp3) is 0.350. The number of benzene rings is 1. The van der Waals surface area contributed by atoms with Gasteiger partial charge >= 0.3 is 18.5 Å². The Labute approximate surface area is 175 Å². The molecule has 166 valence electrons. The fourth-order valence-electron chi connectivity index (χ4n) is 2.95. The lowest BCUT2D eigenvalue weighted by Crippen LogP contribution is -2.30. The lowest BCUT2D eigenvalue weighted by atomic mass is 9.87. The van der Waals surface area contributed by atoms with Crippen LogP contribution in [0.25, 0.3) is 0 Å². The quantitative estimate of drug-likeness (QED) is 0.518. The number of ether oxygens (including phenoxy) is 4. The molecule has 0 bridgehead atoms. The number of nitriles is 1. The molecule has 0 saturated carbocycles. The van der Waals surface area contributed by atoms with Crippen molar-refractivity contribution < 1.29 is 41.7 Å². The third-order valence-corrected chi connectivity index (χ3v) is 4.20. The van der Waals surface area contributed by atoms with E-state index in [9.17, 15) is 22.8 Å². The molecule has 0 aromatic heterocycles. The summed E-state index contributed by atoms with van der Waals surface area (Å²) in [5.41, 5.74) is -0.898. The molecule has 1 aromatic carbocycles. The zero-order valence-corrected chi connectivity index (χ0v) is 16.8. The number of allylic oxidation sites excluding steroid dienone is 2. The first-order valence-electron chi connectivity index (χ1n) is 8.92. The number of dihydropyridines is 1. The van der Waals surface area contributed by atoms with Crippen molar-refractivity contribution in [1.29, 1.82) is 5.26 Å². The van der Waals surface area contributed by atoms with Gasteiger partial charge in [0.25, 0.3) is 0 Å². The van der Waals surface area contributed by atoms with E-state index in [0.29, 0.717) is 0 Å². The Kier molecular flexibility index (Phi) is 7.52. The van der Waals surface area contributed by atoms with Gasteiger partial charge in [0.1, 0.15) is 24.0 Å². The Balaban J connectivity index is 2.58. The molecule has 0 aliphatic carbocycles. The molecule has 1 aliphatic heterocycles. The number of hydrogen-bond donors (Lipinski definition) is 1. The van der Waals surface area contributed by atoms with Gasteiger partial charge in [-0.3, -0.25) is 0 Å². The van der Waals surface area contributed by atoms with E-state index in [1.165, 1.54) is 32.0 Å². The minimum absolute atomic E-state index is 0.0958. The van der Waals surface area contributed by atoms with E-state index in [1.54, 1.807) is 6.07 Å². The second-order valence-corrected chi connectivity index (χ2v) is 6.29. The highest BCUT2D eigenvalue weighted by Gasteiger charge is 2.41. The maximum absolute atomic E-state index is 13.7. The summed E-state index contributed by atoms with van der Waals surface area (Å²) in [5, 5.41) is 11.3. The number of nitrogens with zero attached hydrogens (tertiary/aromatic N) is 1. The van der Waals surface area contributed by atoms with Crippen LogP contribution >= 0.6 is 0 Å². The number of rotatable bonds is 5. The molecule has 8 nitrogen and oxygen atoms in total. The summed E-state index contributed by atoms with van der Waals surface area (Å²) in [4.78, 5) is 23.8. The Morgan fingerprint density at radius 3 is 2.23 bits per heavy atom. The van der Waals surface area contributed by atoms with Crippen molar-refractivity contribution in [3.8, 4) is 6.07 Å². The normalized spacial score (nSPS) is 16.2. The summed E-state index contributed by atoms with van der Waals surface area (Å²) in [6, 6.07) is 6.40. The van der Waals surface area contributed by atoms with E-state index in [4.69, 9.17) is 19.5 Å². The molecule has 2 rings (SSSR count). The molecule has 0 spiro atoms. The number of carbonyl (C=O) groups excluding carboxylic acids is 2. The number of hydrogen-bond acceptors (Lipinski definition) is 8. The average Bonchev–Trinajstić information content (AvgIpc) is 2.71. The molecule has 31 heavy (non-hydrogen) atoms. The van der Waals surface area contributed by atoms with Crippen molar-refractivity contribution in [3.05, 3.63) is 58.3 Å². The van der Waals surface area contributed by atoms with E-state index in [-0.39, 0.29) is 41.5 Å². The summed E-state index contributed by atoms with van der Waals surface area (Å²) < 4.78 is 60.7. The maximum Gasteiger partial charge on any atom is 0.513 e. The van der Waals surface area contributed by atoms with Crippen molar-refractivity contribution in [2.45, 2.75) is 32.4 Å². The molecule has 1 aromatic rings. The van der Waals surface area contributed by atoms with Crippen molar-refractivity contribution in [2.24, 2.45) is 0 Å². The maximum atomic E-state index is 13.7. The number of halogens is 3. The topological polar surface area (TPSA) is 107 Å². The zero-order valence-electron chi connectivity index (χ0n) is 16.8. The standard InChI is InChI=1S/C20H19F3N2O6/c1-11-16(30-18(26)28-3)15(13-7-4-5-8-14(13)20(21,22)23)17(12(2)25-11)31-19(27)29-10-6-9-24/h4-5,7-8,15,25H,6,10H2,1-3H3. The first kappa shape index (κ1) is 23.6. The Morgan fingerprint density at radius 2 is 1.68 bits per heavy atom. The second kappa shape index (κ2) is 9.88. The molecule has 0 saturated heterocycles. The van der Waals surface area contributed by atoms with Gasteiger partial charge in [-0.25, -0.2) is 9.59 Å². The third kappa shape index (κ3) is 5.69. The molecule has 1 aliphatic rings. The summed E-state index contributed by atoms with van der Waals surface area (Å²) in [6.45, 7) is 2.69. The molecular weight excluding hydrogens is 421 g/mol. The minimum Gasteiger partial charge on any atom is -0.437 e. The summed E-state index contributed by atoms with van der Waals surface area (Å²) in [5.74, 6) is -1.92. The third-order valence-electron chi connectivity index (χ3n) is 4.20. The monoisotopic (exact) mass is 440 g/mol. The van der Waals surface area contributed by atoms with Crippen LogP contribution in [0.4, 0.5) is 22.8 Å². The average molecular weight is 440 g/mol. The van der Waals surface area contributed by atoms with Crippen LogP contribution in [-0.4, -0.2) is 26.0 Å². The summed E-state index contributed by atoms with van der Waals surface area (Å²) in [7, 11) is 1.04. The van der Waals surface area contributed by atoms with Gasteiger partial charge in [-0.2, -0.15) is 18.4 Å². The van der Waals surface area contributed by atoms with Gasteiger partial charge in [0.2, 0.25) is 0 Å². The highest BCUT2D eigenvalue weighted by atomic mass is 19.4. The van der Waals surface area contributed by atoms with Crippen LogP contribution in [-0.2, 0) is 25.1 Å². The van der Waals surface area contributed by atoms with Crippen LogP contribution in [0.15, 0.2) is 47.2 Å². The van der Waals surface area contributed by atoms with Crippen LogP contribution < -0.4 is 5.32 Å². The largest absolute Gasteiger partial charge is 0.513 e. The highest BCUT2D eigenvalue weighted by molar-refractivity contribution is 5.65. The van der Waals surface area contributed by atoms with Gasteiger partial charge in [-0.05, 0) is 25.5 Å². The van der Waals surface area contributed by atoms with Crippen molar-refractivity contribution in [3.63, 3.8) is 0 Å². The number of alkyl halides is 3. The molecule has 1 unspecified atom stereocenters. The molecule has 0 amide bonds. The van der Waals surface area contributed by atoms with Crippen LogP contribution in [0.3, 0.4) is 0 Å². The predicted octanol–water partition coefficient (Wildman–Crippen LogP) is 4.71. The predicted molar refractivity (Wildman–Crippen MR) is 98.9 cm³/mol. The van der Waals surface area contributed by atoms with Crippen molar-refractivity contribution in [2.75, 3.05) is 13.7 Å². The molecule has 0 fully saturated rings. The smallest absolute Gasteiger partial charge is 0.437 e. The molecule has 1 heterocycles. The van der Waals surface area contributed by atoms with E-state index in [1.807, 2.05) is 0 Å². The minimum atomic E-state index is -4.74. The highest BCUT2D eigenvalue weighted by Crippen LogP contribution is 2.44. The van der Waals surface area contributed by atoms with Crippen LogP contribution in [0, 0.1) is 11.3 Å². The van der Waals surface area contributed by atoms with Gasteiger partial charge in [-0.15, -0.1) is 0 Å². The molecule has 1 atom stereocenters. The van der Waals surface area contributed by atoms with Crippen molar-refractivity contribution >= 4 is 12.3 Å². The Hall–Kier alpha value is -3.68. The van der Waals surface area contributed by atoms with E-state index >= 15 is 0 Å². The SMILES string of the molecule is COC(=O)OC1=C(C)NC(C)=C(OC(=O)OCCC#N)C1c1ccccc1C(F)(F)F. The van der Waals surface area contributed by atoms with Crippen molar-refractivity contribution in [1.82, 2.24) is 5.32 Å². The summed E-state index contributed by atoms with van der Waals surface area (Å²) >= 11 is 0. The second-order valence-electron chi connectivity index (χ2n) is 6.29. The van der Waals surface area contributed by atoms with Crippen LogP contribution in [0.1, 0.15) is 37.3 Å². The van der Waals surface area contributed by atoms with E-state index in [0.717, 1.165) is 13.2 Å². The fourth-order valence-corrected chi connectivity index (χ4v) is 2.95. The van der Waals surface area contributed by atoms with Gasteiger partial charge in [0.15, 0.2) is 0 Å². The molecule has 1 N–H and O–H groups in total. The zero-order chi connectivity index (χ0) is 23.2. The molecular formula is C20H19F3N2O6. The number of carbonyl (C=O) groups is 2. The van der Waals surface area contributed by atoms with Gasteiger partial charge in [0.05, 0.1) is 36.6 Å². The Morgan fingerprint density at radius 1 is 1.10 bits per heavy atom. The molecule has 11 heteroatoms.